The molecule has 0 saturated carbocycles. The minimum Gasteiger partial charge on any atom is -0.481 e. The number of carboxylic acids is 2. The van der Waals surface area contributed by atoms with E-state index < -0.39 is 23.5 Å². The summed E-state index contributed by atoms with van der Waals surface area (Å²) in [6.45, 7) is 5.46. The smallest absolute Gasteiger partial charge is 0.481 e. The molecule has 2 N–H and O–H groups in total. The molecule has 12 heteroatoms. The topological polar surface area (TPSA) is 120 Å². The Morgan fingerprint density at radius 2 is 1.91 bits per heavy atom. The molecule has 0 unspecified atom stereocenters. The Balaban J connectivity index is 0.000000383. The van der Waals surface area contributed by atoms with Gasteiger partial charge in [0.2, 0.25) is 5.95 Å². The quantitative estimate of drug-likeness (QED) is 0.695. The number of aryl methyl sites for hydroxylation is 1. The molecule has 0 amide bonds. The summed E-state index contributed by atoms with van der Waals surface area (Å²) in [6.07, 6.45) is 1.72. The van der Waals surface area contributed by atoms with Crippen LogP contribution in [0, 0.1) is 18.3 Å². The van der Waals surface area contributed by atoms with E-state index in [-0.39, 0.29) is 5.92 Å². The highest BCUT2D eigenvalue weighted by Crippen LogP contribution is 2.44. The minimum absolute atomic E-state index is 0.0439. The third-order valence-corrected chi connectivity index (χ3v) is 5.95. The lowest BCUT2D eigenvalue weighted by Gasteiger charge is -2.29. The number of likely N-dealkylation sites (tertiary alicyclic amines) is 1. The summed E-state index contributed by atoms with van der Waals surface area (Å²) in [7, 11) is 0. The zero-order valence-corrected chi connectivity index (χ0v) is 18.0. The Labute approximate surface area is 187 Å². The van der Waals surface area contributed by atoms with Crippen molar-refractivity contribution < 1.29 is 37.4 Å². The SMILES string of the molecule is Cc1cnc(N2C[C@@H]3CN(Cc4ccco4)CCC[C@]3(C(=O)O)C2)nc1.O=C(O)C(F)(F)F. The number of carbonyl (C=O) groups is 2. The molecule has 2 aliphatic heterocycles. The Hall–Kier alpha value is -3.15. The summed E-state index contributed by atoms with van der Waals surface area (Å²) in [6, 6.07) is 3.86. The molecule has 33 heavy (non-hydrogen) atoms. The van der Waals surface area contributed by atoms with Crippen LogP contribution in [0.3, 0.4) is 0 Å². The predicted molar refractivity (Wildman–Crippen MR) is 109 cm³/mol. The van der Waals surface area contributed by atoms with Gasteiger partial charge in [-0.05, 0) is 44.0 Å². The van der Waals surface area contributed by atoms with Crippen LogP contribution < -0.4 is 4.90 Å². The number of aliphatic carboxylic acids is 2. The summed E-state index contributed by atoms with van der Waals surface area (Å²) >= 11 is 0. The van der Waals surface area contributed by atoms with Crippen LogP contribution in [0.25, 0.3) is 0 Å². The summed E-state index contributed by atoms with van der Waals surface area (Å²) in [5, 5.41) is 17.2. The van der Waals surface area contributed by atoms with Crippen LogP contribution in [0.2, 0.25) is 0 Å². The van der Waals surface area contributed by atoms with Gasteiger partial charge >= 0.3 is 18.1 Å². The van der Waals surface area contributed by atoms with Gasteiger partial charge in [-0.3, -0.25) is 9.69 Å². The summed E-state index contributed by atoms with van der Waals surface area (Å²) in [4.78, 5) is 34.3. The van der Waals surface area contributed by atoms with Crippen LogP contribution in [0.15, 0.2) is 35.2 Å². The molecule has 0 spiro atoms. The fourth-order valence-corrected chi connectivity index (χ4v) is 4.33. The van der Waals surface area contributed by atoms with Gasteiger partial charge in [-0.1, -0.05) is 0 Å². The van der Waals surface area contributed by atoms with Crippen LogP contribution in [-0.2, 0) is 16.1 Å². The molecule has 0 radical (unpaired) electrons. The van der Waals surface area contributed by atoms with Crippen molar-refractivity contribution in [3.05, 3.63) is 42.1 Å². The van der Waals surface area contributed by atoms with E-state index in [0.29, 0.717) is 25.5 Å². The molecule has 0 bridgehead atoms. The van der Waals surface area contributed by atoms with Crippen molar-refractivity contribution in [1.82, 2.24) is 14.9 Å². The normalized spacial score (nSPS) is 23.3. The molecule has 2 atom stereocenters. The van der Waals surface area contributed by atoms with Crippen LogP contribution in [0.1, 0.15) is 24.2 Å². The maximum atomic E-state index is 12.3. The Morgan fingerprint density at radius 3 is 2.45 bits per heavy atom. The zero-order valence-electron chi connectivity index (χ0n) is 18.0. The molecule has 4 heterocycles. The molecular weight excluding hydrogens is 445 g/mol. The third-order valence-electron chi connectivity index (χ3n) is 5.95. The lowest BCUT2D eigenvalue weighted by molar-refractivity contribution is -0.192. The molecule has 180 valence electrons. The van der Waals surface area contributed by atoms with Gasteiger partial charge in [0.05, 0.1) is 18.2 Å². The molecule has 2 aromatic rings. The van der Waals surface area contributed by atoms with Gasteiger partial charge < -0.3 is 19.5 Å². The Bertz CT molecular complexity index is 952. The first-order chi connectivity index (χ1) is 15.5. The zero-order chi connectivity index (χ0) is 24.2. The second-order valence-electron chi connectivity index (χ2n) is 8.32. The summed E-state index contributed by atoms with van der Waals surface area (Å²) in [5.41, 5.74) is 0.270. The first kappa shape index (κ1) is 24.5. The van der Waals surface area contributed by atoms with Crippen molar-refractivity contribution in [3.63, 3.8) is 0 Å². The minimum atomic E-state index is -5.08. The van der Waals surface area contributed by atoms with Gasteiger partial charge in [-0.2, -0.15) is 13.2 Å². The first-order valence-electron chi connectivity index (χ1n) is 10.3. The summed E-state index contributed by atoms with van der Waals surface area (Å²) < 4.78 is 37.2. The fourth-order valence-electron chi connectivity index (χ4n) is 4.33. The predicted octanol–water partition coefficient (Wildman–Crippen LogP) is 2.81. The average molecular weight is 470 g/mol. The van der Waals surface area contributed by atoms with Crippen molar-refractivity contribution in [2.75, 3.05) is 31.1 Å². The number of anilines is 1. The number of fused-ring (bicyclic) bond motifs is 1. The molecule has 2 saturated heterocycles. The molecule has 2 fully saturated rings. The number of nitrogens with zero attached hydrogens (tertiary/aromatic N) is 4. The number of furan rings is 1. The number of carboxylic acid groups (broad SMARTS) is 2. The molecule has 9 nitrogen and oxygen atoms in total. The van der Waals surface area contributed by atoms with E-state index in [9.17, 15) is 23.1 Å². The van der Waals surface area contributed by atoms with Crippen LogP contribution >= 0.6 is 0 Å². The molecule has 0 aromatic carbocycles. The largest absolute Gasteiger partial charge is 0.490 e. The number of halogens is 3. The third kappa shape index (κ3) is 5.81. The Morgan fingerprint density at radius 1 is 1.24 bits per heavy atom. The number of alkyl halides is 3. The monoisotopic (exact) mass is 470 g/mol. The maximum absolute atomic E-state index is 12.3. The van der Waals surface area contributed by atoms with E-state index in [1.807, 2.05) is 24.0 Å². The van der Waals surface area contributed by atoms with E-state index >= 15 is 0 Å². The van der Waals surface area contributed by atoms with Crippen molar-refractivity contribution in [2.45, 2.75) is 32.5 Å². The average Bonchev–Trinajstić information content (AvgIpc) is 3.33. The molecule has 2 aromatic heterocycles. The van der Waals surface area contributed by atoms with Crippen molar-refractivity contribution in [2.24, 2.45) is 11.3 Å². The molecule has 2 aliphatic rings. The van der Waals surface area contributed by atoms with Crippen LogP contribution in [0.5, 0.6) is 0 Å². The second-order valence-corrected chi connectivity index (χ2v) is 8.32. The highest BCUT2D eigenvalue weighted by molar-refractivity contribution is 5.77. The number of rotatable bonds is 4. The van der Waals surface area contributed by atoms with Crippen LogP contribution in [-0.4, -0.2) is 69.4 Å². The van der Waals surface area contributed by atoms with E-state index in [1.54, 1.807) is 18.7 Å². The molecule has 4 rings (SSSR count). The van der Waals surface area contributed by atoms with E-state index in [0.717, 1.165) is 37.4 Å². The molecular formula is C21H25F3N4O5. The van der Waals surface area contributed by atoms with Gasteiger partial charge in [0.1, 0.15) is 5.76 Å². The van der Waals surface area contributed by atoms with Crippen LogP contribution in [0.4, 0.5) is 19.1 Å². The number of hydrogen-bond acceptors (Lipinski definition) is 7. The van der Waals surface area contributed by atoms with E-state index in [1.165, 1.54) is 0 Å². The highest BCUT2D eigenvalue weighted by Gasteiger charge is 2.54. The maximum Gasteiger partial charge on any atom is 0.490 e. The first-order valence-corrected chi connectivity index (χ1v) is 10.3. The van der Waals surface area contributed by atoms with Gasteiger partial charge in [0.15, 0.2) is 0 Å². The van der Waals surface area contributed by atoms with E-state index in [4.69, 9.17) is 14.3 Å². The van der Waals surface area contributed by atoms with Crippen molar-refractivity contribution >= 4 is 17.9 Å². The van der Waals surface area contributed by atoms with E-state index in [2.05, 4.69) is 14.9 Å². The van der Waals surface area contributed by atoms with Crippen molar-refractivity contribution in [3.8, 4) is 0 Å². The van der Waals surface area contributed by atoms with Crippen molar-refractivity contribution in [1.29, 1.82) is 0 Å². The molecule has 0 aliphatic carbocycles. The number of aromatic nitrogens is 2. The summed E-state index contributed by atoms with van der Waals surface area (Å²) in [5.74, 6) is -1.86. The van der Waals surface area contributed by atoms with Gasteiger partial charge in [-0.15, -0.1) is 0 Å². The van der Waals surface area contributed by atoms with Gasteiger partial charge in [0.25, 0.3) is 0 Å². The second kappa shape index (κ2) is 9.77. The standard InChI is InChI=1S/C19H24N4O3.C2HF3O2/c1-14-8-20-18(21-9-14)23-11-15-10-22(12-16-4-2-7-26-16)6-3-5-19(15,13-23)17(24)25;3-2(4,5)1(6)7/h2,4,7-9,15H,3,5-6,10-13H2,1H3,(H,24,25);(H,6,7)/t15-,19-;/m0./s1. The lowest BCUT2D eigenvalue weighted by atomic mass is 9.75. The van der Waals surface area contributed by atoms with Gasteiger partial charge in [0, 0.05) is 37.9 Å². The van der Waals surface area contributed by atoms with Gasteiger partial charge in [-0.25, -0.2) is 14.8 Å². The Kier molecular flexibility index (Phi) is 7.25. The lowest BCUT2D eigenvalue weighted by Crippen LogP contribution is -2.41. The fraction of sp³-hybridized carbons (Fsp3) is 0.524. The highest BCUT2D eigenvalue weighted by atomic mass is 19.4. The number of hydrogen-bond donors (Lipinski definition) is 2.